The van der Waals surface area contributed by atoms with Crippen LogP contribution in [0.5, 0.6) is 0 Å². The molecule has 5 nitrogen and oxygen atoms in total. The van der Waals surface area contributed by atoms with Crippen molar-refractivity contribution < 1.29 is 20.1 Å². The van der Waals surface area contributed by atoms with Crippen LogP contribution in [-0.4, -0.2) is 46.1 Å². The quantitative estimate of drug-likeness (QED) is 0.0377. The maximum atomic E-state index is 12.3. The van der Waals surface area contributed by atoms with E-state index in [0.29, 0.717) is 19.3 Å². The molecule has 0 saturated carbocycles. The zero-order chi connectivity index (χ0) is 36.6. The predicted molar refractivity (Wildman–Crippen MR) is 218 cm³/mol. The summed E-state index contributed by atoms with van der Waals surface area (Å²) < 4.78 is 0. The van der Waals surface area contributed by atoms with Crippen LogP contribution >= 0.6 is 0 Å². The monoisotopic (exact) mass is 706 g/mol. The fraction of sp³-hybridized carbons (Fsp3) is 0.889. The van der Waals surface area contributed by atoms with Crippen molar-refractivity contribution in [3.63, 3.8) is 0 Å². The Morgan fingerprint density at radius 2 is 0.860 bits per heavy atom. The highest BCUT2D eigenvalue weighted by Gasteiger charge is 2.26. The number of rotatable bonds is 40. The maximum absolute atomic E-state index is 12.3. The van der Waals surface area contributed by atoms with Gasteiger partial charge >= 0.3 is 0 Å². The van der Waals surface area contributed by atoms with Crippen molar-refractivity contribution in [2.24, 2.45) is 0 Å². The maximum Gasteiger partial charge on any atom is 0.220 e. The Morgan fingerprint density at radius 3 is 1.26 bits per heavy atom. The number of carbonyl (C=O) groups is 1. The highest BCUT2D eigenvalue weighted by atomic mass is 16.3. The van der Waals surface area contributed by atoms with Crippen molar-refractivity contribution >= 4 is 5.91 Å². The van der Waals surface area contributed by atoms with Crippen molar-refractivity contribution in [3.8, 4) is 0 Å². The van der Waals surface area contributed by atoms with Crippen LogP contribution in [-0.2, 0) is 4.79 Å². The molecule has 0 radical (unpaired) electrons. The molecule has 0 aliphatic carbocycles. The molecule has 0 aliphatic heterocycles. The Kier molecular flexibility index (Phi) is 39.6. The number of hydrogen-bond acceptors (Lipinski definition) is 4. The van der Waals surface area contributed by atoms with E-state index in [2.05, 4.69) is 37.4 Å². The summed E-state index contributed by atoms with van der Waals surface area (Å²) in [7, 11) is 0. The van der Waals surface area contributed by atoms with Gasteiger partial charge in [0, 0.05) is 6.42 Å². The van der Waals surface area contributed by atoms with Gasteiger partial charge in [0.05, 0.1) is 18.8 Å². The molecule has 3 atom stereocenters. The number of aliphatic hydroxyl groups excluding tert-OH is 3. The molecule has 296 valence electrons. The molecule has 0 aromatic heterocycles. The normalized spacial score (nSPS) is 13.8. The lowest BCUT2D eigenvalue weighted by Crippen LogP contribution is -2.50. The average Bonchev–Trinajstić information content (AvgIpc) is 3.12. The minimum Gasteiger partial charge on any atom is -0.394 e. The summed E-state index contributed by atoms with van der Waals surface area (Å²) in [6.45, 7) is 4.15. The first-order chi connectivity index (χ1) is 24.6. The van der Waals surface area contributed by atoms with Gasteiger partial charge in [0.15, 0.2) is 0 Å². The number of allylic oxidation sites excluding steroid dienone is 4. The van der Waals surface area contributed by atoms with Crippen LogP contribution in [0.15, 0.2) is 24.3 Å². The largest absolute Gasteiger partial charge is 0.394 e. The van der Waals surface area contributed by atoms with E-state index in [0.717, 1.165) is 32.1 Å². The van der Waals surface area contributed by atoms with Crippen molar-refractivity contribution in [1.29, 1.82) is 0 Å². The number of amides is 1. The third-order valence-electron chi connectivity index (χ3n) is 10.3. The van der Waals surface area contributed by atoms with Crippen LogP contribution in [0.4, 0.5) is 0 Å². The summed E-state index contributed by atoms with van der Waals surface area (Å²) in [5.74, 6) is -0.210. The first-order valence-corrected chi connectivity index (χ1v) is 22.1. The summed E-state index contributed by atoms with van der Waals surface area (Å²) in [4.78, 5) is 12.3. The molecular formula is C45H87NO4. The lowest BCUT2D eigenvalue weighted by Gasteiger charge is -2.26. The number of aliphatic hydroxyl groups is 3. The number of unbranched alkanes of at least 4 members (excludes halogenated alkanes) is 28. The highest BCUT2D eigenvalue weighted by molar-refractivity contribution is 5.76. The van der Waals surface area contributed by atoms with E-state index in [1.807, 2.05) is 6.08 Å². The van der Waals surface area contributed by atoms with Gasteiger partial charge in [0.2, 0.25) is 5.91 Å². The first-order valence-electron chi connectivity index (χ1n) is 22.1. The predicted octanol–water partition coefficient (Wildman–Crippen LogP) is 12.6. The smallest absolute Gasteiger partial charge is 0.220 e. The van der Waals surface area contributed by atoms with Gasteiger partial charge in [-0.2, -0.15) is 0 Å². The molecule has 0 rings (SSSR count). The lowest BCUT2D eigenvalue weighted by molar-refractivity contribution is -0.124. The Balaban J connectivity index is 3.62. The second kappa shape index (κ2) is 40.6. The van der Waals surface area contributed by atoms with Crippen molar-refractivity contribution in [1.82, 2.24) is 5.32 Å². The van der Waals surface area contributed by atoms with Gasteiger partial charge in [0.25, 0.3) is 0 Å². The van der Waals surface area contributed by atoms with E-state index in [1.165, 1.54) is 167 Å². The summed E-state index contributed by atoms with van der Waals surface area (Å²) in [6.07, 6.45) is 48.8. The molecule has 0 fully saturated rings. The van der Waals surface area contributed by atoms with E-state index in [1.54, 1.807) is 0 Å². The van der Waals surface area contributed by atoms with Crippen LogP contribution in [0.25, 0.3) is 0 Å². The Labute approximate surface area is 312 Å². The van der Waals surface area contributed by atoms with E-state index in [4.69, 9.17) is 0 Å². The van der Waals surface area contributed by atoms with Crippen molar-refractivity contribution in [3.05, 3.63) is 24.3 Å². The molecule has 0 aromatic rings. The molecule has 0 spiro atoms. The highest BCUT2D eigenvalue weighted by Crippen LogP contribution is 2.17. The van der Waals surface area contributed by atoms with Crippen LogP contribution < -0.4 is 5.32 Å². The van der Waals surface area contributed by atoms with Gasteiger partial charge in [0.1, 0.15) is 6.10 Å². The molecule has 5 heteroatoms. The number of carbonyl (C=O) groups excluding carboxylic acids is 1. The minimum absolute atomic E-state index is 0.210. The summed E-state index contributed by atoms with van der Waals surface area (Å²) in [5, 5.41) is 33.5. The third kappa shape index (κ3) is 35.2. The second-order valence-corrected chi connectivity index (χ2v) is 15.3. The zero-order valence-electron chi connectivity index (χ0n) is 33.5. The summed E-state index contributed by atoms with van der Waals surface area (Å²) in [6, 6.07) is -0.837. The second-order valence-electron chi connectivity index (χ2n) is 15.3. The molecule has 4 N–H and O–H groups in total. The van der Waals surface area contributed by atoms with Gasteiger partial charge in [-0.15, -0.1) is 0 Å². The van der Waals surface area contributed by atoms with Crippen molar-refractivity contribution in [2.75, 3.05) is 6.61 Å². The average molecular weight is 706 g/mol. The van der Waals surface area contributed by atoms with Gasteiger partial charge in [-0.1, -0.05) is 218 Å². The fourth-order valence-electron chi connectivity index (χ4n) is 6.86. The fourth-order valence-corrected chi connectivity index (χ4v) is 6.86. The molecule has 0 bridgehead atoms. The lowest BCUT2D eigenvalue weighted by atomic mass is 9.99. The molecule has 3 unspecified atom stereocenters. The van der Waals surface area contributed by atoms with Crippen LogP contribution in [0.1, 0.15) is 232 Å². The van der Waals surface area contributed by atoms with E-state index in [9.17, 15) is 20.1 Å². The molecule has 0 aliphatic rings. The van der Waals surface area contributed by atoms with Gasteiger partial charge in [-0.3, -0.25) is 4.79 Å². The summed E-state index contributed by atoms with van der Waals surface area (Å²) in [5.41, 5.74) is 0. The molecule has 0 saturated heterocycles. The Morgan fingerprint density at radius 1 is 0.500 bits per heavy atom. The standard InChI is InChI=1S/C45H87NO4/c1-3-5-7-9-11-13-15-17-18-19-20-21-22-23-24-25-26-28-29-31-33-35-37-39-43(48)45(50)42(41-47)46-44(49)40-38-36-34-32-30-27-16-14-12-10-8-6-4-2/h27,30,34,36,42-43,45,47-48,50H,3-26,28-29,31-33,35,37-41H2,1-2H3,(H,46,49)/b30-27-,36-34-. The molecule has 0 heterocycles. The summed E-state index contributed by atoms with van der Waals surface area (Å²) >= 11 is 0. The SMILES string of the molecule is CCCCCCCC/C=C\C/C=C\CCC(=O)NC(CO)C(O)C(O)CCCCCCCCCCCCCCCCCCCCCCCCC. The van der Waals surface area contributed by atoms with Crippen LogP contribution in [0, 0.1) is 0 Å². The molecule has 50 heavy (non-hydrogen) atoms. The number of nitrogens with one attached hydrogen (secondary N) is 1. The minimum atomic E-state index is -1.16. The van der Waals surface area contributed by atoms with Gasteiger partial charge in [-0.25, -0.2) is 0 Å². The van der Waals surface area contributed by atoms with Crippen LogP contribution in [0.3, 0.4) is 0 Å². The molecule has 0 aromatic carbocycles. The molecule has 1 amide bonds. The van der Waals surface area contributed by atoms with Gasteiger partial charge in [-0.05, 0) is 32.1 Å². The van der Waals surface area contributed by atoms with Gasteiger partial charge < -0.3 is 20.6 Å². The Bertz CT molecular complexity index is 739. The first kappa shape index (κ1) is 48.8. The third-order valence-corrected chi connectivity index (χ3v) is 10.3. The van der Waals surface area contributed by atoms with Crippen molar-refractivity contribution in [2.45, 2.75) is 250 Å². The molecular weight excluding hydrogens is 618 g/mol. The zero-order valence-corrected chi connectivity index (χ0v) is 33.5. The van der Waals surface area contributed by atoms with E-state index in [-0.39, 0.29) is 12.5 Å². The van der Waals surface area contributed by atoms with Crippen LogP contribution in [0.2, 0.25) is 0 Å². The topological polar surface area (TPSA) is 89.8 Å². The van der Waals surface area contributed by atoms with E-state index < -0.39 is 18.2 Å². The Hall–Kier alpha value is -1.17. The number of hydrogen-bond donors (Lipinski definition) is 4. The van der Waals surface area contributed by atoms with E-state index >= 15 is 0 Å².